The lowest BCUT2D eigenvalue weighted by molar-refractivity contribution is 0.229. The number of aromatic hydroxyl groups is 1. The lowest BCUT2D eigenvalue weighted by Crippen LogP contribution is -2.47. The maximum atomic E-state index is 14.8. The third kappa shape index (κ3) is 4.47. The Kier molecular flexibility index (Phi) is 6.49. The van der Waals surface area contributed by atoms with Crippen molar-refractivity contribution in [3.63, 3.8) is 0 Å². The number of nitrogens with two attached hydrogens (primary N) is 1. The van der Waals surface area contributed by atoms with Gasteiger partial charge in [0, 0.05) is 56.6 Å². The van der Waals surface area contributed by atoms with Crippen LogP contribution in [-0.4, -0.2) is 60.3 Å². The second-order valence-electron chi connectivity index (χ2n) is 9.65. The van der Waals surface area contributed by atoms with Gasteiger partial charge in [-0.25, -0.2) is 14.2 Å². The van der Waals surface area contributed by atoms with Crippen molar-refractivity contribution < 1.29 is 14.3 Å². The molecule has 2 saturated heterocycles. The van der Waals surface area contributed by atoms with Crippen LogP contribution in [0, 0.1) is 11.7 Å². The summed E-state index contributed by atoms with van der Waals surface area (Å²) in [5.74, 6) is 0.648. The van der Waals surface area contributed by atoms with Crippen LogP contribution in [0.15, 0.2) is 48.7 Å². The molecule has 2 amide bonds. The third-order valence-electron chi connectivity index (χ3n) is 7.24. The van der Waals surface area contributed by atoms with Crippen molar-refractivity contribution in [2.75, 3.05) is 43.0 Å². The second-order valence-corrected chi connectivity index (χ2v) is 10.1. The summed E-state index contributed by atoms with van der Waals surface area (Å²) in [7, 11) is 1.74. The highest BCUT2D eigenvalue weighted by atomic mass is 35.5. The first-order valence-electron chi connectivity index (χ1n) is 12.0. The van der Waals surface area contributed by atoms with Crippen molar-refractivity contribution in [2.24, 2.45) is 11.7 Å². The number of phenolic OH excluding ortho intramolecular Hbond substituents is 1. The average molecular weight is 510 g/mol. The first-order chi connectivity index (χ1) is 17.2. The smallest absolute Gasteiger partial charge is 0.324 e. The number of halogens is 2. The number of nitrogens with zero attached hydrogens (tertiary/aromatic N) is 4. The number of phenols is 1. The highest BCUT2D eigenvalue weighted by Gasteiger charge is 2.28. The van der Waals surface area contributed by atoms with Crippen molar-refractivity contribution in [2.45, 2.75) is 19.4 Å². The van der Waals surface area contributed by atoms with E-state index in [0.717, 1.165) is 18.8 Å². The Balaban J connectivity index is 1.49. The van der Waals surface area contributed by atoms with Crippen molar-refractivity contribution in [1.82, 2.24) is 9.88 Å². The van der Waals surface area contributed by atoms with Crippen LogP contribution in [0.25, 0.3) is 22.3 Å². The maximum Gasteiger partial charge on any atom is 0.324 e. The van der Waals surface area contributed by atoms with Crippen molar-refractivity contribution >= 4 is 29.1 Å². The number of hydrogen-bond acceptors (Lipinski definition) is 5. The van der Waals surface area contributed by atoms with Gasteiger partial charge in [-0.05, 0) is 59.9 Å². The molecule has 5 rings (SSSR count). The molecule has 9 heteroatoms. The molecule has 1 aromatic heterocycles. The molecule has 2 aliphatic heterocycles. The highest BCUT2D eigenvalue weighted by Crippen LogP contribution is 2.42. The van der Waals surface area contributed by atoms with E-state index in [1.54, 1.807) is 47.3 Å². The van der Waals surface area contributed by atoms with Gasteiger partial charge in [0.1, 0.15) is 17.4 Å². The number of carbonyl (C=O) groups excluding carboxylic acids is 1. The Labute approximate surface area is 214 Å². The summed E-state index contributed by atoms with van der Waals surface area (Å²) in [5.41, 5.74) is 8.73. The van der Waals surface area contributed by atoms with Gasteiger partial charge in [0.05, 0.1) is 10.7 Å². The van der Waals surface area contributed by atoms with Crippen LogP contribution in [0.3, 0.4) is 0 Å². The first kappa shape index (κ1) is 24.3. The van der Waals surface area contributed by atoms with E-state index >= 15 is 0 Å². The standard InChI is InChI=1S/C27H29ClFN5O2/c1-16-6-8-33(15-23(16)30)25-12-18(5-7-31-25)21-14-19(29)13-20(26(21)35)17-3-4-24(22(28)11-17)34-10-9-32(2)27(34)36/h3-5,7,11-14,16,23,35H,6,8-10,15,30H2,1-2H3/t16?,23-/m1/s1. The number of amides is 2. The van der Waals surface area contributed by atoms with Crippen molar-refractivity contribution in [1.29, 1.82) is 0 Å². The third-order valence-corrected chi connectivity index (χ3v) is 7.54. The minimum Gasteiger partial charge on any atom is -0.507 e. The quantitative estimate of drug-likeness (QED) is 0.519. The number of anilines is 2. The summed E-state index contributed by atoms with van der Waals surface area (Å²) >= 11 is 6.54. The van der Waals surface area contributed by atoms with Crippen LogP contribution in [0.1, 0.15) is 13.3 Å². The molecule has 188 valence electrons. The zero-order chi connectivity index (χ0) is 25.6. The van der Waals surface area contributed by atoms with E-state index in [0.29, 0.717) is 58.5 Å². The lowest BCUT2D eigenvalue weighted by atomic mass is 9.94. The molecule has 2 aromatic carbocycles. The summed E-state index contributed by atoms with van der Waals surface area (Å²) in [5, 5.41) is 11.6. The zero-order valence-corrected chi connectivity index (χ0v) is 21.0. The SMILES string of the molecule is CC1CCN(c2cc(-c3cc(F)cc(-c4ccc(N5CCN(C)C5=O)c(Cl)c4)c3O)ccn2)C[C@H]1N. The van der Waals surface area contributed by atoms with Gasteiger partial charge in [-0.3, -0.25) is 4.90 Å². The van der Waals surface area contributed by atoms with Gasteiger partial charge in [0.2, 0.25) is 0 Å². The van der Waals surface area contributed by atoms with Gasteiger partial charge < -0.3 is 20.6 Å². The summed E-state index contributed by atoms with van der Waals surface area (Å²) in [6.45, 7) is 4.83. The Morgan fingerprint density at radius 1 is 1.08 bits per heavy atom. The molecule has 1 unspecified atom stereocenters. The first-order valence-corrected chi connectivity index (χ1v) is 12.4. The lowest BCUT2D eigenvalue weighted by Gasteiger charge is -2.35. The Hall–Kier alpha value is -3.36. The molecular weight excluding hydrogens is 481 g/mol. The number of hydrogen-bond donors (Lipinski definition) is 2. The highest BCUT2D eigenvalue weighted by molar-refractivity contribution is 6.34. The van der Waals surface area contributed by atoms with Gasteiger partial charge in [-0.1, -0.05) is 24.6 Å². The molecule has 3 aromatic rings. The zero-order valence-electron chi connectivity index (χ0n) is 20.3. The predicted octanol–water partition coefficient (Wildman–Crippen LogP) is 4.96. The van der Waals surface area contributed by atoms with Gasteiger partial charge in [-0.15, -0.1) is 0 Å². The summed E-state index contributed by atoms with van der Waals surface area (Å²) in [6.07, 6.45) is 2.63. The van der Waals surface area contributed by atoms with Crippen LogP contribution in [0.2, 0.25) is 5.02 Å². The summed E-state index contributed by atoms with van der Waals surface area (Å²) in [6, 6.07) is 11.2. The van der Waals surface area contributed by atoms with Gasteiger partial charge in [-0.2, -0.15) is 0 Å². The van der Waals surface area contributed by atoms with E-state index < -0.39 is 5.82 Å². The monoisotopic (exact) mass is 509 g/mol. The van der Waals surface area contributed by atoms with E-state index in [4.69, 9.17) is 17.3 Å². The number of rotatable bonds is 4. The summed E-state index contributed by atoms with van der Waals surface area (Å²) in [4.78, 5) is 22.2. The predicted molar refractivity (Wildman–Crippen MR) is 141 cm³/mol. The summed E-state index contributed by atoms with van der Waals surface area (Å²) < 4.78 is 14.8. The Morgan fingerprint density at radius 2 is 1.81 bits per heavy atom. The van der Waals surface area contributed by atoms with Crippen molar-refractivity contribution in [3.05, 3.63) is 59.5 Å². The molecule has 0 spiro atoms. The fraction of sp³-hybridized carbons (Fsp3) is 0.333. The molecule has 2 atom stereocenters. The molecule has 2 aliphatic rings. The van der Waals surface area contributed by atoms with Crippen LogP contribution >= 0.6 is 11.6 Å². The number of urea groups is 1. The molecule has 3 N–H and O–H groups in total. The second kappa shape index (κ2) is 9.59. The molecule has 0 bridgehead atoms. The molecule has 7 nitrogen and oxygen atoms in total. The number of piperidine rings is 1. The largest absolute Gasteiger partial charge is 0.507 e. The number of carbonyl (C=O) groups is 1. The maximum absolute atomic E-state index is 14.8. The normalized spacial score (nSPS) is 20.4. The van der Waals surface area contributed by atoms with E-state index in [9.17, 15) is 14.3 Å². The van der Waals surface area contributed by atoms with Gasteiger partial charge in [0.25, 0.3) is 0 Å². The Bertz CT molecular complexity index is 1320. The van der Waals surface area contributed by atoms with Crippen LogP contribution in [0.4, 0.5) is 20.7 Å². The number of pyridine rings is 1. The van der Waals surface area contributed by atoms with Gasteiger partial charge in [0.15, 0.2) is 0 Å². The molecular formula is C27H29ClFN5O2. The van der Waals surface area contributed by atoms with E-state index in [2.05, 4.69) is 16.8 Å². The molecule has 0 saturated carbocycles. The molecule has 2 fully saturated rings. The fourth-order valence-electron chi connectivity index (χ4n) is 4.87. The molecule has 36 heavy (non-hydrogen) atoms. The van der Waals surface area contributed by atoms with E-state index in [-0.39, 0.29) is 17.8 Å². The van der Waals surface area contributed by atoms with Crippen LogP contribution < -0.4 is 15.5 Å². The number of likely N-dealkylation sites (N-methyl/N-ethyl adjacent to an activating group) is 1. The molecule has 0 radical (unpaired) electrons. The minimum absolute atomic E-state index is 0.0571. The van der Waals surface area contributed by atoms with E-state index in [1.807, 2.05) is 6.07 Å². The topological polar surface area (TPSA) is 85.9 Å². The molecule has 3 heterocycles. The minimum atomic E-state index is -0.485. The Morgan fingerprint density at radius 3 is 2.44 bits per heavy atom. The average Bonchev–Trinajstić information content (AvgIpc) is 3.20. The number of aromatic nitrogens is 1. The number of benzene rings is 2. The van der Waals surface area contributed by atoms with Crippen molar-refractivity contribution in [3.8, 4) is 28.0 Å². The van der Waals surface area contributed by atoms with Gasteiger partial charge >= 0.3 is 6.03 Å². The molecule has 0 aliphatic carbocycles. The van der Waals surface area contributed by atoms with Crippen LogP contribution in [-0.2, 0) is 0 Å². The van der Waals surface area contributed by atoms with E-state index in [1.165, 1.54) is 12.1 Å². The van der Waals surface area contributed by atoms with Crippen LogP contribution in [0.5, 0.6) is 5.75 Å². The fourth-order valence-corrected chi connectivity index (χ4v) is 5.15.